The Kier molecular flexibility index (Phi) is 6.48. The minimum absolute atomic E-state index is 0.0410. The minimum atomic E-state index is -3.03. The number of hydrogen-bond donors (Lipinski definition) is 2. The summed E-state index contributed by atoms with van der Waals surface area (Å²) < 4.78 is 34.1. The summed E-state index contributed by atoms with van der Waals surface area (Å²) in [4.78, 5) is 24.0. The summed E-state index contributed by atoms with van der Waals surface area (Å²) in [6.07, 6.45) is -1.22. The molecule has 0 fully saturated rings. The molecule has 0 saturated carbocycles. The third-order valence-electron chi connectivity index (χ3n) is 3.32. The molecular formula is C18H17F2NO5. The molecule has 0 aliphatic carbocycles. The van der Waals surface area contributed by atoms with Crippen LogP contribution in [0.15, 0.2) is 48.5 Å². The highest BCUT2D eigenvalue weighted by molar-refractivity contribution is 5.96. The van der Waals surface area contributed by atoms with Crippen LogP contribution >= 0.6 is 0 Å². The van der Waals surface area contributed by atoms with Crippen molar-refractivity contribution in [2.45, 2.75) is 26.1 Å². The van der Waals surface area contributed by atoms with E-state index in [0.717, 1.165) is 0 Å². The average molecular weight is 365 g/mol. The normalized spacial score (nSPS) is 11.7. The van der Waals surface area contributed by atoms with Gasteiger partial charge in [-0.25, -0.2) is 0 Å². The molecule has 138 valence electrons. The van der Waals surface area contributed by atoms with Crippen molar-refractivity contribution in [1.82, 2.24) is 0 Å². The molecule has 1 atom stereocenters. The predicted octanol–water partition coefficient (Wildman–Crippen LogP) is 3.11. The minimum Gasteiger partial charge on any atom is -0.508 e. The Morgan fingerprint density at radius 1 is 1.12 bits per heavy atom. The number of rotatable bonds is 7. The molecule has 0 heterocycles. The molecule has 1 amide bonds. The zero-order chi connectivity index (χ0) is 19.1. The van der Waals surface area contributed by atoms with E-state index in [1.807, 2.05) is 0 Å². The van der Waals surface area contributed by atoms with E-state index >= 15 is 0 Å². The van der Waals surface area contributed by atoms with E-state index in [0.29, 0.717) is 5.56 Å². The maximum Gasteiger partial charge on any atom is 0.387 e. The van der Waals surface area contributed by atoms with Crippen molar-refractivity contribution in [2.75, 3.05) is 5.32 Å². The molecule has 8 heteroatoms. The number of ether oxygens (including phenoxy) is 2. The lowest BCUT2D eigenvalue weighted by atomic mass is 10.1. The molecule has 0 bridgehead atoms. The second-order valence-electron chi connectivity index (χ2n) is 5.34. The summed E-state index contributed by atoms with van der Waals surface area (Å²) in [7, 11) is 0. The van der Waals surface area contributed by atoms with Crippen LogP contribution in [0.4, 0.5) is 14.5 Å². The molecular weight excluding hydrogens is 348 g/mol. The lowest BCUT2D eigenvalue weighted by molar-refractivity contribution is -0.152. The fraction of sp³-hybridized carbons (Fsp3) is 0.222. The molecule has 0 saturated heterocycles. The Labute approximate surface area is 148 Å². The summed E-state index contributed by atoms with van der Waals surface area (Å²) in [5.74, 6) is -1.46. The first-order valence-corrected chi connectivity index (χ1v) is 7.67. The molecule has 2 aromatic carbocycles. The van der Waals surface area contributed by atoms with Crippen LogP contribution in [0, 0.1) is 0 Å². The number of amides is 1. The number of phenolic OH excluding ortho intramolecular Hbond substituents is 1. The van der Waals surface area contributed by atoms with Gasteiger partial charge in [0.15, 0.2) is 6.10 Å². The Bertz CT molecular complexity index is 764. The van der Waals surface area contributed by atoms with E-state index in [1.54, 1.807) is 12.1 Å². The Morgan fingerprint density at radius 3 is 2.42 bits per heavy atom. The quantitative estimate of drug-likeness (QED) is 0.737. The van der Waals surface area contributed by atoms with Crippen LogP contribution in [-0.4, -0.2) is 29.7 Å². The first-order chi connectivity index (χ1) is 12.3. The smallest absolute Gasteiger partial charge is 0.387 e. The van der Waals surface area contributed by atoms with Crippen molar-refractivity contribution in [3.63, 3.8) is 0 Å². The van der Waals surface area contributed by atoms with Gasteiger partial charge in [0.25, 0.3) is 5.91 Å². The number of alkyl halides is 2. The molecule has 2 aromatic rings. The molecule has 0 unspecified atom stereocenters. The fourth-order valence-corrected chi connectivity index (χ4v) is 2.08. The Hall–Kier alpha value is -3.16. The molecule has 6 nitrogen and oxygen atoms in total. The van der Waals surface area contributed by atoms with Crippen LogP contribution < -0.4 is 10.1 Å². The highest BCUT2D eigenvalue weighted by Crippen LogP contribution is 2.25. The molecule has 0 radical (unpaired) electrons. The number of carbonyl (C=O) groups excluding carboxylic acids is 2. The highest BCUT2D eigenvalue weighted by Gasteiger charge is 2.20. The van der Waals surface area contributed by atoms with Crippen LogP contribution in [0.2, 0.25) is 0 Å². The zero-order valence-corrected chi connectivity index (χ0v) is 13.8. The molecule has 0 aliphatic rings. The van der Waals surface area contributed by atoms with Gasteiger partial charge in [0.1, 0.15) is 11.5 Å². The van der Waals surface area contributed by atoms with Crippen LogP contribution in [-0.2, 0) is 20.7 Å². The molecule has 2 rings (SSSR count). The Balaban J connectivity index is 1.93. The molecule has 2 N–H and O–H groups in total. The van der Waals surface area contributed by atoms with E-state index in [1.165, 1.54) is 43.3 Å². The van der Waals surface area contributed by atoms with Crippen LogP contribution in [0.3, 0.4) is 0 Å². The lowest BCUT2D eigenvalue weighted by Crippen LogP contribution is -2.30. The van der Waals surface area contributed by atoms with E-state index in [9.17, 15) is 23.5 Å². The van der Waals surface area contributed by atoms with E-state index < -0.39 is 24.6 Å². The van der Waals surface area contributed by atoms with Crippen molar-refractivity contribution < 1.29 is 33.0 Å². The zero-order valence-electron chi connectivity index (χ0n) is 13.8. The first kappa shape index (κ1) is 19.2. The van der Waals surface area contributed by atoms with Crippen LogP contribution in [0.5, 0.6) is 11.5 Å². The number of aromatic hydroxyl groups is 1. The van der Waals surface area contributed by atoms with Gasteiger partial charge < -0.3 is 19.9 Å². The number of para-hydroxylation sites is 2. The number of halogens is 2. The van der Waals surface area contributed by atoms with Gasteiger partial charge in [-0.2, -0.15) is 8.78 Å². The number of esters is 1. The van der Waals surface area contributed by atoms with Gasteiger partial charge in [-0.05, 0) is 36.8 Å². The predicted molar refractivity (Wildman–Crippen MR) is 89.1 cm³/mol. The number of nitrogens with one attached hydrogen (secondary N) is 1. The second kappa shape index (κ2) is 8.80. The fourth-order valence-electron chi connectivity index (χ4n) is 2.08. The summed E-state index contributed by atoms with van der Waals surface area (Å²) in [5.41, 5.74) is 0.648. The summed E-state index contributed by atoms with van der Waals surface area (Å²) >= 11 is 0. The molecule has 26 heavy (non-hydrogen) atoms. The second-order valence-corrected chi connectivity index (χ2v) is 5.34. The van der Waals surface area contributed by atoms with Crippen LogP contribution in [0.1, 0.15) is 12.5 Å². The third kappa shape index (κ3) is 5.73. The molecule has 0 spiro atoms. The van der Waals surface area contributed by atoms with Gasteiger partial charge in [0, 0.05) is 0 Å². The summed E-state index contributed by atoms with van der Waals surface area (Å²) in [6, 6.07) is 11.7. The van der Waals surface area contributed by atoms with Crippen molar-refractivity contribution in [3.05, 3.63) is 54.1 Å². The summed E-state index contributed by atoms with van der Waals surface area (Å²) in [5, 5.41) is 11.6. The van der Waals surface area contributed by atoms with Gasteiger partial charge >= 0.3 is 12.6 Å². The maximum atomic E-state index is 12.4. The number of phenols is 1. The number of benzene rings is 2. The Morgan fingerprint density at radius 2 is 1.77 bits per heavy atom. The highest BCUT2D eigenvalue weighted by atomic mass is 19.3. The van der Waals surface area contributed by atoms with Gasteiger partial charge in [-0.3, -0.25) is 9.59 Å². The van der Waals surface area contributed by atoms with Crippen LogP contribution in [0.25, 0.3) is 0 Å². The van der Waals surface area contributed by atoms with E-state index in [4.69, 9.17) is 4.74 Å². The van der Waals surface area contributed by atoms with Gasteiger partial charge in [0.2, 0.25) is 0 Å². The molecule has 0 aliphatic heterocycles. The van der Waals surface area contributed by atoms with Crippen molar-refractivity contribution in [2.24, 2.45) is 0 Å². The van der Waals surface area contributed by atoms with Crippen molar-refractivity contribution >= 4 is 17.6 Å². The standard InChI is InChI=1S/C18H17F2NO5/c1-11(25-16(23)10-12-6-8-13(22)9-7-12)17(24)21-14-4-2-3-5-15(14)26-18(19)20/h2-9,11,18,22H,10H2,1H3,(H,21,24)/t11-/m1/s1. The topological polar surface area (TPSA) is 84.9 Å². The van der Waals surface area contributed by atoms with E-state index in [2.05, 4.69) is 10.1 Å². The van der Waals surface area contributed by atoms with Gasteiger partial charge in [-0.1, -0.05) is 24.3 Å². The van der Waals surface area contributed by atoms with Gasteiger partial charge in [0.05, 0.1) is 12.1 Å². The maximum absolute atomic E-state index is 12.4. The largest absolute Gasteiger partial charge is 0.508 e. The van der Waals surface area contributed by atoms with Crippen molar-refractivity contribution in [1.29, 1.82) is 0 Å². The van der Waals surface area contributed by atoms with E-state index in [-0.39, 0.29) is 23.6 Å². The third-order valence-corrected chi connectivity index (χ3v) is 3.32. The average Bonchev–Trinajstić information content (AvgIpc) is 2.58. The first-order valence-electron chi connectivity index (χ1n) is 7.67. The lowest BCUT2D eigenvalue weighted by Gasteiger charge is -2.15. The van der Waals surface area contributed by atoms with Crippen molar-refractivity contribution in [3.8, 4) is 11.5 Å². The number of hydrogen-bond acceptors (Lipinski definition) is 5. The SMILES string of the molecule is C[C@@H](OC(=O)Cc1ccc(O)cc1)C(=O)Nc1ccccc1OC(F)F. The monoisotopic (exact) mass is 365 g/mol. The molecule has 0 aromatic heterocycles. The summed E-state index contributed by atoms with van der Waals surface area (Å²) in [6.45, 7) is -1.67. The number of carbonyl (C=O) groups is 2. The van der Waals surface area contributed by atoms with Gasteiger partial charge in [-0.15, -0.1) is 0 Å². The number of anilines is 1.